The largest absolute Gasteiger partial charge is 0.522 e. The standard InChI is InChI=1S/C19H20F3N3O6S/c1-27-15-13(28-7-8-30-19(20,21)22)3-2-12(24-15)16(26)25-6-4-18(17-23-5-9-32-17)14(10-25)29-11-31-18/h2-3,5,9,14H,4,6-8,10-11H2,1H3/t14?,18-/m0/s1. The molecule has 1 unspecified atom stereocenters. The lowest BCUT2D eigenvalue weighted by atomic mass is 9.89. The lowest BCUT2D eigenvalue weighted by molar-refractivity contribution is -0.325. The van der Waals surface area contributed by atoms with Crippen LogP contribution in [-0.2, 0) is 19.8 Å². The van der Waals surface area contributed by atoms with Gasteiger partial charge in [0, 0.05) is 24.5 Å². The van der Waals surface area contributed by atoms with Crippen molar-refractivity contribution < 1.29 is 41.7 Å². The minimum atomic E-state index is -4.73. The number of alkyl halides is 3. The maximum atomic E-state index is 13.0. The first kappa shape index (κ1) is 22.7. The fourth-order valence-electron chi connectivity index (χ4n) is 3.67. The summed E-state index contributed by atoms with van der Waals surface area (Å²) in [5.41, 5.74) is -0.548. The summed E-state index contributed by atoms with van der Waals surface area (Å²) in [6, 6.07) is 2.85. The number of rotatable bonds is 7. The third-order valence-electron chi connectivity index (χ3n) is 5.17. The highest BCUT2D eigenvalue weighted by molar-refractivity contribution is 7.09. The average Bonchev–Trinajstić information content (AvgIpc) is 3.45. The molecule has 2 aromatic heterocycles. The fraction of sp³-hybridized carbons (Fsp3) is 0.526. The molecule has 2 aliphatic heterocycles. The first-order valence-electron chi connectivity index (χ1n) is 9.66. The van der Waals surface area contributed by atoms with E-state index in [4.69, 9.17) is 18.9 Å². The normalized spacial score (nSPS) is 23.1. The predicted octanol–water partition coefficient (Wildman–Crippen LogP) is 2.58. The molecule has 9 nitrogen and oxygen atoms in total. The third kappa shape index (κ3) is 4.65. The van der Waals surface area contributed by atoms with Crippen LogP contribution in [0.5, 0.6) is 11.6 Å². The SMILES string of the molecule is COc1nc(C(=O)N2CC[C@]3(c4nccs4)OCOC3C2)ccc1OCCOC(F)(F)F. The van der Waals surface area contributed by atoms with Crippen molar-refractivity contribution in [3.05, 3.63) is 34.4 Å². The molecule has 0 bridgehead atoms. The highest BCUT2D eigenvalue weighted by atomic mass is 32.1. The van der Waals surface area contributed by atoms with Crippen molar-refractivity contribution >= 4 is 17.2 Å². The number of piperidine rings is 1. The third-order valence-corrected chi connectivity index (χ3v) is 6.10. The van der Waals surface area contributed by atoms with Crippen LogP contribution < -0.4 is 9.47 Å². The summed E-state index contributed by atoms with van der Waals surface area (Å²) in [6.45, 7) is -0.215. The van der Waals surface area contributed by atoms with Crippen molar-refractivity contribution in [2.24, 2.45) is 0 Å². The van der Waals surface area contributed by atoms with Crippen molar-refractivity contribution in [3.63, 3.8) is 0 Å². The van der Waals surface area contributed by atoms with Gasteiger partial charge in [-0.2, -0.15) is 0 Å². The quantitative estimate of drug-likeness (QED) is 0.565. The Labute approximate surface area is 185 Å². The smallest absolute Gasteiger partial charge is 0.486 e. The predicted molar refractivity (Wildman–Crippen MR) is 103 cm³/mol. The van der Waals surface area contributed by atoms with Gasteiger partial charge in [-0.1, -0.05) is 0 Å². The van der Waals surface area contributed by atoms with Crippen LogP contribution >= 0.6 is 11.3 Å². The van der Waals surface area contributed by atoms with Crippen LogP contribution in [0.2, 0.25) is 0 Å². The van der Waals surface area contributed by atoms with Gasteiger partial charge >= 0.3 is 6.36 Å². The molecule has 0 N–H and O–H groups in total. The molecule has 0 spiro atoms. The summed E-state index contributed by atoms with van der Waals surface area (Å²) in [6.07, 6.45) is -2.86. The van der Waals surface area contributed by atoms with Crippen molar-refractivity contribution in [1.82, 2.24) is 14.9 Å². The Kier molecular flexibility index (Phi) is 6.51. The lowest BCUT2D eigenvalue weighted by Crippen LogP contribution is -2.53. The number of carbonyl (C=O) groups excluding carboxylic acids is 1. The zero-order valence-corrected chi connectivity index (χ0v) is 17.8. The molecule has 2 aliphatic rings. The van der Waals surface area contributed by atoms with Gasteiger partial charge in [-0.15, -0.1) is 24.5 Å². The second-order valence-corrected chi connectivity index (χ2v) is 7.89. The molecule has 1 amide bonds. The van der Waals surface area contributed by atoms with E-state index in [9.17, 15) is 18.0 Å². The molecule has 0 aliphatic carbocycles. The molecule has 4 heterocycles. The van der Waals surface area contributed by atoms with Gasteiger partial charge in [0.2, 0.25) is 0 Å². The van der Waals surface area contributed by atoms with Crippen molar-refractivity contribution in [1.29, 1.82) is 0 Å². The number of nitrogens with zero attached hydrogens (tertiary/aromatic N) is 3. The summed E-state index contributed by atoms with van der Waals surface area (Å²) < 4.78 is 61.8. The van der Waals surface area contributed by atoms with Crippen LogP contribution in [0.25, 0.3) is 0 Å². The first-order chi connectivity index (χ1) is 15.3. The Balaban J connectivity index is 1.41. The molecule has 0 aromatic carbocycles. The van der Waals surface area contributed by atoms with E-state index in [1.165, 1.54) is 30.6 Å². The van der Waals surface area contributed by atoms with E-state index in [1.807, 2.05) is 5.38 Å². The molecule has 13 heteroatoms. The fourth-order valence-corrected chi connectivity index (χ4v) is 4.54. The molecule has 0 radical (unpaired) electrons. The molecule has 174 valence electrons. The van der Waals surface area contributed by atoms with Crippen molar-refractivity contribution in [2.75, 3.05) is 40.2 Å². The van der Waals surface area contributed by atoms with Gasteiger partial charge in [-0.25, -0.2) is 9.97 Å². The summed E-state index contributed by atoms with van der Waals surface area (Å²) >= 11 is 1.48. The summed E-state index contributed by atoms with van der Waals surface area (Å²) in [5, 5.41) is 2.69. The second-order valence-electron chi connectivity index (χ2n) is 6.99. The lowest BCUT2D eigenvalue weighted by Gasteiger charge is -2.40. The van der Waals surface area contributed by atoms with Gasteiger partial charge in [0.1, 0.15) is 30.2 Å². The number of thiazole rings is 1. The number of halogens is 3. The van der Waals surface area contributed by atoms with Gasteiger partial charge in [-0.3, -0.25) is 9.53 Å². The zero-order chi connectivity index (χ0) is 22.8. The molecule has 32 heavy (non-hydrogen) atoms. The van der Waals surface area contributed by atoms with Crippen LogP contribution in [0.4, 0.5) is 13.2 Å². The number of pyridine rings is 1. The molecular weight excluding hydrogens is 455 g/mol. The summed E-state index contributed by atoms with van der Waals surface area (Å²) in [7, 11) is 1.32. The molecule has 2 atom stereocenters. The minimum Gasteiger partial charge on any atom is -0.486 e. The van der Waals surface area contributed by atoms with Gasteiger partial charge in [0.25, 0.3) is 11.8 Å². The summed E-state index contributed by atoms with van der Waals surface area (Å²) in [5.74, 6) is -0.250. The van der Waals surface area contributed by atoms with Gasteiger partial charge in [0.15, 0.2) is 11.4 Å². The van der Waals surface area contributed by atoms with Gasteiger partial charge in [0.05, 0.1) is 20.3 Å². The van der Waals surface area contributed by atoms with Crippen molar-refractivity contribution in [2.45, 2.75) is 24.5 Å². The molecule has 4 rings (SSSR count). The average molecular weight is 475 g/mol. The van der Waals surface area contributed by atoms with Crippen LogP contribution in [0.15, 0.2) is 23.7 Å². The van der Waals surface area contributed by atoms with E-state index in [2.05, 4.69) is 14.7 Å². The number of aromatic nitrogens is 2. The Morgan fingerprint density at radius 3 is 2.94 bits per heavy atom. The Hall–Kier alpha value is -2.48. The molecule has 2 fully saturated rings. The minimum absolute atomic E-state index is 0.0162. The maximum absolute atomic E-state index is 13.0. The Morgan fingerprint density at radius 2 is 2.22 bits per heavy atom. The highest BCUT2D eigenvalue weighted by Gasteiger charge is 2.53. The molecule has 2 aromatic rings. The molecule has 2 saturated heterocycles. The first-order valence-corrected chi connectivity index (χ1v) is 10.5. The topological polar surface area (TPSA) is 92.2 Å². The summed E-state index contributed by atoms with van der Waals surface area (Å²) in [4.78, 5) is 23.2. The monoisotopic (exact) mass is 475 g/mol. The second kappa shape index (κ2) is 9.17. The van der Waals surface area contributed by atoms with Crippen LogP contribution in [0.3, 0.4) is 0 Å². The van der Waals surface area contributed by atoms with Crippen molar-refractivity contribution in [3.8, 4) is 11.6 Å². The Morgan fingerprint density at radius 1 is 1.38 bits per heavy atom. The van der Waals surface area contributed by atoms with E-state index in [-0.39, 0.29) is 42.7 Å². The molecule has 0 saturated carbocycles. The molecular formula is C19H20F3N3O6S. The van der Waals surface area contributed by atoms with E-state index >= 15 is 0 Å². The van der Waals surface area contributed by atoms with Crippen LogP contribution in [0, 0.1) is 0 Å². The van der Waals surface area contributed by atoms with Crippen LogP contribution in [0.1, 0.15) is 21.9 Å². The number of likely N-dealkylation sites (tertiary alicyclic amines) is 1. The van der Waals surface area contributed by atoms with Crippen LogP contribution in [-0.4, -0.2) is 73.4 Å². The number of hydrogen-bond donors (Lipinski definition) is 0. The van der Waals surface area contributed by atoms with Gasteiger partial charge < -0.3 is 23.8 Å². The van der Waals surface area contributed by atoms with E-state index in [0.29, 0.717) is 19.5 Å². The van der Waals surface area contributed by atoms with E-state index < -0.39 is 18.6 Å². The zero-order valence-electron chi connectivity index (χ0n) is 17.0. The number of ether oxygens (including phenoxy) is 5. The number of fused-ring (bicyclic) bond motifs is 1. The highest BCUT2D eigenvalue weighted by Crippen LogP contribution is 2.43. The maximum Gasteiger partial charge on any atom is 0.522 e. The Bertz CT molecular complexity index is 945. The van der Waals surface area contributed by atoms with E-state index in [1.54, 1.807) is 11.1 Å². The number of hydrogen-bond acceptors (Lipinski definition) is 9. The number of methoxy groups -OCH3 is 1. The number of carbonyl (C=O) groups is 1. The van der Waals surface area contributed by atoms with E-state index in [0.717, 1.165) is 5.01 Å². The van der Waals surface area contributed by atoms with Gasteiger partial charge in [-0.05, 0) is 12.1 Å². The number of amides is 1.